The van der Waals surface area contributed by atoms with Crippen LogP contribution >= 0.6 is 0 Å². The molecule has 1 aliphatic rings. The normalized spacial score (nSPS) is 19.9. The number of nitrogens with one attached hydrogen (secondary N) is 1. The zero-order valence-corrected chi connectivity index (χ0v) is 11.9. The number of benzene rings is 1. The summed E-state index contributed by atoms with van der Waals surface area (Å²) in [6, 6.07) is 8.72. The Balaban J connectivity index is 1.87. The fourth-order valence-electron chi connectivity index (χ4n) is 2.76. The summed E-state index contributed by atoms with van der Waals surface area (Å²) in [5, 5.41) is 12.4. The van der Waals surface area contributed by atoms with Crippen molar-refractivity contribution >= 4 is 5.69 Å². The van der Waals surface area contributed by atoms with Crippen molar-refractivity contribution in [3.05, 3.63) is 29.3 Å². The highest BCUT2D eigenvalue weighted by Crippen LogP contribution is 2.19. The van der Waals surface area contributed by atoms with Gasteiger partial charge in [-0.1, -0.05) is 12.5 Å². The Morgan fingerprint density at radius 3 is 3.00 bits per heavy atom. The molecule has 19 heavy (non-hydrogen) atoms. The third kappa shape index (κ3) is 3.71. The number of nitrogens with zero attached hydrogens (tertiary/aromatic N) is 2. The van der Waals surface area contributed by atoms with Crippen molar-refractivity contribution in [1.82, 2.24) is 4.90 Å². The molecule has 1 unspecified atom stereocenters. The minimum atomic E-state index is 0.709. The Labute approximate surface area is 116 Å². The molecule has 1 heterocycles. The van der Waals surface area contributed by atoms with Gasteiger partial charge in [0.25, 0.3) is 0 Å². The molecule has 0 amide bonds. The van der Waals surface area contributed by atoms with Gasteiger partial charge in [-0.25, -0.2) is 0 Å². The van der Waals surface area contributed by atoms with Crippen molar-refractivity contribution in [3.8, 4) is 6.07 Å². The third-order valence-electron chi connectivity index (χ3n) is 4.08. The summed E-state index contributed by atoms with van der Waals surface area (Å²) in [4.78, 5) is 2.48. The van der Waals surface area contributed by atoms with E-state index in [4.69, 9.17) is 5.26 Å². The zero-order chi connectivity index (χ0) is 13.7. The molecule has 0 radical (unpaired) electrons. The van der Waals surface area contributed by atoms with Crippen LogP contribution in [0.1, 0.15) is 36.8 Å². The molecule has 0 saturated carbocycles. The van der Waals surface area contributed by atoms with Crippen LogP contribution in [-0.2, 0) is 0 Å². The number of likely N-dealkylation sites (tertiary alicyclic amines) is 1. The molecule has 0 bridgehead atoms. The van der Waals surface area contributed by atoms with Gasteiger partial charge in [-0.15, -0.1) is 0 Å². The monoisotopic (exact) mass is 257 g/mol. The highest BCUT2D eigenvalue weighted by atomic mass is 15.1. The van der Waals surface area contributed by atoms with Crippen molar-refractivity contribution in [2.75, 3.05) is 25.5 Å². The predicted octanol–water partition coefficient (Wildman–Crippen LogP) is 3.15. The van der Waals surface area contributed by atoms with Crippen molar-refractivity contribution < 1.29 is 0 Å². The van der Waals surface area contributed by atoms with Crippen LogP contribution in [0.15, 0.2) is 18.2 Å². The largest absolute Gasteiger partial charge is 0.385 e. The van der Waals surface area contributed by atoms with Gasteiger partial charge in [0.1, 0.15) is 0 Å². The Morgan fingerprint density at radius 1 is 1.42 bits per heavy atom. The first-order valence-corrected chi connectivity index (χ1v) is 7.15. The SMILES string of the molecule is Cc1ccc(C#N)cc1NCCC1CCCCN1C. The minimum Gasteiger partial charge on any atom is -0.385 e. The summed E-state index contributed by atoms with van der Waals surface area (Å²) >= 11 is 0. The molecule has 1 aliphatic heterocycles. The van der Waals surface area contributed by atoms with Crippen LogP contribution in [0.5, 0.6) is 0 Å². The third-order valence-corrected chi connectivity index (χ3v) is 4.08. The van der Waals surface area contributed by atoms with Crippen LogP contribution < -0.4 is 5.32 Å². The molecule has 1 saturated heterocycles. The number of anilines is 1. The second-order valence-corrected chi connectivity index (χ2v) is 5.49. The van der Waals surface area contributed by atoms with Crippen LogP contribution in [-0.4, -0.2) is 31.1 Å². The zero-order valence-electron chi connectivity index (χ0n) is 11.9. The summed E-state index contributed by atoms with van der Waals surface area (Å²) in [7, 11) is 2.23. The van der Waals surface area contributed by atoms with E-state index < -0.39 is 0 Å². The number of aryl methyl sites for hydroxylation is 1. The van der Waals surface area contributed by atoms with Gasteiger partial charge in [0.15, 0.2) is 0 Å². The van der Waals surface area contributed by atoms with Crippen LogP contribution in [0.4, 0.5) is 5.69 Å². The van der Waals surface area contributed by atoms with E-state index in [0.29, 0.717) is 6.04 Å². The lowest BCUT2D eigenvalue weighted by atomic mass is 10.00. The van der Waals surface area contributed by atoms with E-state index in [0.717, 1.165) is 17.8 Å². The van der Waals surface area contributed by atoms with Crippen molar-refractivity contribution in [2.45, 2.75) is 38.6 Å². The molecule has 1 aromatic rings. The van der Waals surface area contributed by atoms with Gasteiger partial charge < -0.3 is 10.2 Å². The molecule has 1 fully saturated rings. The highest BCUT2D eigenvalue weighted by Gasteiger charge is 2.18. The number of hydrogen-bond donors (Lipinski definition) is 1. The number of piperidine rings is 1. The molecule has 3 nitrogen and oxygen atoms in total. The Hall–Kier alpha value is -1.53. The summed E-state index contributed by atoms with van der Waals surface area (Å²) in [5.74, 6) is 0. The van der Waals surface area contributed by atoms with Gasteiger partial charge in [0.05, 0.1) is 11.6 Å². The van der Waals surface area contributed by atoms with Crippen LogP contribution in [0, 0.1) is 18.3 Å². The first kappa shape index (κ1) is 13.9. The van der Waals surface area contributed by atoms with E-state index in [1.807, 2.05) is 18.2 Å². The highest BCUT2D eigenvalue weighted by molar-refractivity contribution is 5.55. The van der Waals surface area contributed by atoms with Crippen molar-refractivity contribution in [1.29, 1.82) is 5.26 Å². The first-order chi connectivity index (χ1) is 9.20. The quantitative estimate of drug-likeness (QED) is 0.900. The molecule has 1 atom stereocenters. The van der Waals surface area contributed by atoms with Gasteiger partial charge in [-0.3, -0.25) is 0 Å². The van der Waals surface area contributed by atoms with Crippen LogP contribution in [0.3, 0.4) is 0 Å². The lowest BCUT2D eigenvalue weighted by Gasteiger charge is -2.32. The lowest BCUT2D eigenvalue weighted by molar-refractivity contribution is 0.179. The first-order valence-electron chi connectivity index (χ1n) is 7.15. The average molecular weight is 257 g/mol. The molecule has 2 rings (SSSR count). The fraction of sp³-hybridized carbons (Fsp3) is 0.562. The van der Waals surface area contributed by atoms with E-state index in [1.165, 1.54) is 37.8 Å². The van der Waals surface area contributed by atoms with Crippen molar-refractivity contribution in [3.63, 3.8) is 0 Å². The van der Waals surface area contributed by atoms with E-state index in [2.05, 4.69) is 30.3 Å². The molecular weight excluding hydrogens is 234 g/mol. The lowest BCUT2D eigenvalue weighted by Crippen LogP contribution is -2.37. The van der Waals surface area contributed by atoms with E-state index in [-0.39, 0.29) is 0 Å². The van der Waals surface area contributed by atoms with Crippen LogP contribution in [0.25, 0.3) is 0 Å². The minimum absolute atomic E-state index is 0.709. The molecule has 3 heteroatoms. The van der Waals surface area contributed by atoms with E-state index in [9.17, 15) is 0 Å². The smallest absolute Gasteiger partial charge is 0.0992 e. The molecular formula is C16H23N3. The van der Waals surface area contributed by atoms with Gasteiger partial charge in [-0.05, 0) is 57.5 Å². The summed E-state index contributed by atoms with van der Waals surface area (Å²) in [6.45, 7) is 4.29. The summed E-state index contributed by atoms with van der Waals surface area (Å²) < 4.78 is 0. The van der Waals surface area contributed by atoms with Gasteiger partial charge in [0.2, 0.25) is 0 Å². The van der Waals surface area contributed by atoms with Gasteiger partial charge in [-0.2, -0.15) is 5.26 Å². The molecule has 0 aromatic heterocycles. The molecule has 0 spiro atoms. The van der Waals surface area contributed by atoms with Crippen molar-refractivity contribution in [2.24, 2.45) is 0 Å². The summed E-state index contributed by atoms with van der Waals surface area (Å²) in [6.07, 6.45) is 5.18. The average Bonchev–Trinajstić information content (AvgIpc) is 2.43. The topological polar surface area (TPSA) is 39.1 Å². The number of rotatable bonds is 4. The summed E-state index contributed by atoms with van der Waals surface area (Å²) in [5.41, 5.74) is 3.02. The molecule has 102 valence electrons. The van der Waals surface area contributed by atoms with Gasteiger partial charge in [0, 0.05) is 18.3 Å². The maximum absolute atomic E-state index is 8.93. The maximum Gasteiger partial charge on any atom is 0.0992 e. The number of nitriles is 1. The Kier molecular flexibility index (Phi) is 4.81. The van der Waals surface area contributed by atoms with Crippen LogP contribution in [0.2, 0.25) is 0 Å². The maximum atomic E-state index is 8.93. The van der Waals surface area contributed by atoms with Gasteiger partial charge >= 0.3 is 0 Å². The second kappa shape index (κ2) is 6.58. The molecule has 0 aliphatic carbocycles. The predicted molar refractivity (Wildman–Crippen MR) is 79.3 cm³/mol. The standard InChI is InChI=1S/C16H23N3/c1-13-6-7-14(12-17)11-16(13)18-9-8-15-5-3-4-10-19(15)2/h6-7,11,15,18H,3-5,8-10H2,1-2H3. The van der Waals surface area contributed by atoms with E-state index in [1.54, 1.807) is 0 Å². The second-order valence-electron chi connectivity index (χ2n) is 5.49. The molecule has 1 N–H and O–H groups in total. The fourth-order valence-corrected chi connectivity index (χ4v) is 2.76. The Bertz CT molecular complexity index is 462. The molecule has 1 aromatic carbocycles. The van der Waals surface area contributed by atoms with E-state index >= 15 is 0 Å². The number of hydrogen-bond acceptors (Lipinski definition) is 3. The Morgan fingerprint density at radius 2 is 2.26 bits per heavy atom.